The first kappa shape index (κ1) is 20.3. The maximum absolute atomic E-state index is 12.6. The van der Waals surface area contributed by atoms with Crippen molar-refractivity contribution in [3.8, 4) is 11.1 Å². The minimum Gasteiger partial charge on any atom is -0.456 e. The fourth-order valence-corrected chi connectivity index (χ4v) is 3.63. The first-order valence-electron chi connectivity index (χ1n) is 9.43. The molecule has 0 unspecified atom stereocenters. The second-order valence-corrected chi connectivity index (χ2v) is 8.03. The number of benzene rings is 3. The molecular weight excluding hydrogens is 419 g/mol. The Morgan fingerprint density at radius 1 is 0.967 bits per heavy atom. The van der Waals surface area contributed by atoms with Gasteiger partial charge in [-0.2, -0.15) is 0 Å². The first-order valence-corrected chi connectivity index (χ1v) is 10.2. The number of esters is 1. The lowest BCUT2D eigenvalue weighted by Gasteiger charge is -2.13. The number of aromatic nitrogens is 1. The van der Waals surface area contributed by atoms with E-state index in [0.717, 1.165) is 33.3 Å². The van der Waals surface area contributed by atoms with Crippen LogP contribution in [-0.2, 0) is 11.3 Å². The van der Waals surface area contributed by atoms with E-state index in [4.69, 9.17) is 27.9 Å². The number of carbonyl (C=O) groups excluding carboxylic acids is 1. The van der Waals surface area contributed by atoms with E-state index >= 15 is 0 Å². The van der Waals surface area contributed by atoms with E-state index < -0.39 is 5.97 Å². The maximum Gasteiger partial charge on any atom is 0.355 e. The summed E-state index contributed by atoms with van der Waals surface area (Å²) in [5.41, 5.74) is 5.33. The van der Waals surface area contributed by atoms with Crippen molar-refractivity contribution < 1.29 is 9.53 Å². The highest BCUT2D eigenvalue weighted by atomic mass is 35.5. The Morgan fingerprint density at radius 3 is 2.43 bits per heavy atom. The minimum absolute atomic E-state index is 0.115. The lowest BCUT2D eigenvalue weighted by Crippen LogP contribution is -2.07. The Morgan fingerprint density at radius 2 is 1.73 bits per heavy atom. The smallest absolute Gasteiger partial charge is 0.355 e. The fraction of sp³-hybridized carbons (Fsp3) is 0.125. The molecular formula is C24H20Cl2N2O2. The number of nitrogens with one attached hydrogen (secondary N) is 1. The average Bonchev–Trinajstić information content (AvgIpc) is 3.19. The van der Waals surface area contributed by atoms with Gasteiger partial charge in [0.1, 0.15) is 12.3 Å². The van der Waals surface area contributed by atoms with Gasteiger partial charge in [-0.15, -0.1) is 0 Å². The molecule has 0 fully saturated rings. The van der Waals surface area contributed by atoms with Gasteiger partial charge in [-0.1, -0.05) is 53.5 Å². The van der Waals surface area contributed by atoms with E-state index in [0.29, 0.717) is 15.7 Å². The Bertz CT molecular complexity index is 1210. The summed E-state index contributed by atoms with van der Waals surface area (Å²) in [6.45, 7) is 0.115. The van der Waals surface area contributed by atoms with Crippen molar-refractivity contribution in [2.75, 3.05) is 19.0 Å². The van der Waals surface area contributed by atoms with Crippen molar-refractivity contribution in [2.45, 2.75) is 6.61 Å². The number of nitrogens with zero attached hydrogens (tertiary/aromatic N) is 1. The molecule has 0 bridgehead atoms. The van der Waals surface area contributed by atoms with E-state index in [-0.39, 0.29) is 6.61 Å². The Hall–Kier alpha value is -2.95. The molecule has 0 spiro atoms. The number of ether oxygens (including phenoxy) is 1. The summed E-state index contributed by atoms with van der Waals surface area (Å²) in [6.07, 6.45) is 0. The molecule has 1 heterocycles. The summed E-state index contributed by atoms with van der Waals surface area (Å²) < 4.78 is 5.45. The van der Waals surface area contributed by atoms with Crippen LogP contribution in [-0.4, -0.2) is 25.0 Å². The number of hydrogen-bond acceptors (Lipinski definition) is 3. The number of aromatic amines is 1. The van der Waals surface area contributed by atoms with Crippen LogP contribution in [0.15, 0.2) is 66.7 Å². The van der Waals surface area contributed by atoms with Crippen LogP contribution in [0.5, 0.6) is 0 Å². The minimum atomic E-state index is -0.425. The van der Waals surface area contributed by atoms with E-state index in [2.05, 4.69) is 34.1 Å². The highest BCUT2D eigenvalue weighted by Crippen LogP contribution is 2.31. The molecule has 0 radical (unpaired) electrons. The average molecular weight is 439 g/mol. The van der Waals surface area contributed by atoms with E-state index in [1.54, 1.807) is 18.2 Å². The molecule has 0 aliphatic heterocycles. The van der Waals surface area contributed by atoms with Gasteiger partial charge in [0.05, 0.1) is 10.0 Å². The normalized spacial score (nSPS) is 10.9. The van der Waals surface area contributed by atoms with Crippen LogP contribution in [0.2, 0.25) is 10.0 Å². The molecule has 0 aliphatic rings. The second kappa shape index (κ2) is 8.42. The topological polar surface area (TPSA) is 45.3 Å². The van der Waals surface area contributed by atoms with Crippen LogP contribution in [0.3, 0.4) is 0 Å². The largest absolute Gasteiger partial charge is 0.456 e. The zero-order valence-electron chi connectivity index (χ0n) is 16.6. The molecule has 4 aromatic rings. The van der Waals surface area contributed by atoms with Gasteiger partial charge in [0.15, 0.2) is 0 Å². The Kier molecular flexibility index (Phi) is 5.71. The molecule has 152 valence electrons. The number of anilines is 1. The molecule has 30 heavy (non-hydrogen) atoms. The molecule has 4 nitrogen and oxygen atoms in total. The summed E-state index contributed by atoms with van der Waals surface area (Å²) in [6, 6.07) is 21.3. The molecule has 0 atom stereocenters. The summed E-state index contributed by atoms with van der Waals surface area (Å²) in [4.78, 5) is 17.8. The molecule has 1 N–H and O–H groups in total. The Balaban J connectivity index is 1.57. The molecule has 0 saturated carbocycles. The quantitative estimate of drug-likeness (QED) is 0.358. The maximum atomic E-state index is 12.6. The third-order valence-corrected chi connectivity index (χ3v) is 5.67. The molecule has 0 saturated heterocycles. The van der Waals surface area contributed by atoms with Crippen LogP contribution >= 0.6 is 23.2 Å². The SMILES string of the molecule is CN(C)c1ccc(-c2cccc3[nH]c(C(=O)OCc4ccc(Cl)c(Cl)c4)cc23)cc1. The molecule has 6 heteroatoms. The van der Waals surface area contributed by atoms with Crippen molar-refractivity contribution in [3.05, 3.63) is 88.0 Å². The molecule has 3 aromatic carbocycles. The summed E-state index contributed by atoms with van der Waals surface area (Å²) in [5.74, 6) is -0.425. The van der Waals surface area contributed by atoms with E-state index in [1.165, 1.54) is 0 Å². The number of carbonyl (C=O) groups is 1. The molecule has 1 aromatic heterocycles. The summed E-state index contributed by atoms with van der Waals surface area (Å²) in [5, 5.41) is 1.87. The molecule has 0 aliphatic carbocycles. The summed E-state index contributed by atoms with van der Waals surface area (Å²) >= 11 is 11.9. The summed E-state index contributed by atoms with van der Waals surface area (Å²) in [7, 11) is 4.02. The van der Waals surface area contributed by atoms with Crippen molar-refractivity contribution in [1.82, 2.24) is 4.98 Å². The monoisotopic (exact) mass is 438 g/mol. The number of H-pyrrole nitrogens is 1. The first-order chi connectivity index (χ1) is 14.4. The van der Waals surface area contributed by atoms with Crippen molar-refractivity contribution in [3.63, 3.8) is 0 Å². The van der Waals surface area contributed by atoms with Crippen molar-refractivity contribution in [2.24, 2.45) is 0 Å². The van der Waals surface area contributed by atoms with Crippen molar-refractivity contribution in [1.29, 1.82) is 0 Å². The van der Waals surface area contributed by atoms with Gasteiger partial charge < -0.3 is 14.6 Å². The Labute approximate surface area is 185 Å². The predicted molar refractivity (Wildman–Crippen MR) is 124 cm³/mol. The van der Waals surface area contributed by atoms with Gasteiger partial charge in [0, 0.05) is 30.7 Å². The van der Waals surface area contributed by atoms with Gasteiger partial charge in [0.25, 0.3) is 0 Å². The lowest BCUT2D eigenvalue weighted by molar-refractivity contribution is 0.0467. The van der Waals surface area contributed by atoms with Crippen LogP contribution in [0, 0.1) is 0 Å². The highest BCUT2D eigenvalue weighted by molar-refractivity contribution is 6.42. The van der Waals surface area contributed by atoms with Gasteiger partial charge in [-0.3, -0.25) is 0 Å². The predicted octanol–water partition coefficient (Wildman–Crippen LogP) is 6.56. The van der Waals surface area contributed by atoms with Gasteiger partial charge in [0.2, 0.25) is 0 Å². The van der Waals surface area contributed by atoms with E-state index in [9.17, 15) is 4.79 Å². The third-order valence-electron chi connectivity index (χ3n) is 4.93. The van der Waals surface area contributed by atoms with Crippen LogP contribution < -0.4 is 4.90 Å². The third kappa shape index (κ3) is 4.16. The van der Waals surface area contributed by atoms with Gasteiger partial charge >= 0.3 is 5.97 Å². The highest BCUT2D eigenvalue weighted by Gasteiger charge is 2.14. The number of rotatable bonds is 5. The van der Waals surface area contributed by atoms with E-state index in [1.807, 2.05) is 38.4 Å². The zero-order chi connectivity index (χ0) is 21.3. The van der Waals surface area contributed by atoms with Gasteiger partial charge in [-0.25, -0.2) is 4.79 Å². The van der Waals surface area contributed by atoms with Gasteiger partial charge in [-0.05, 0) is 53.1 Å². The second-order valence-electron chi connectivity index (χ2n) is 7.22. The zero-order valence-corrected chi connectivity index (χ0v) is 18.1. The fourth-order valence-electron chi connectivity index (χ4n) is 3.31. The van der Waals surface area contributed by atoms with Crippen LogP contribution in [0.1, 0.15) is 16.1 Å². The molecule has 4 rings (SSSR count). The number of halogens is 2. The number of hydrogen-bond donors (Lipinski definition) is 1. The lowest BCUT2D eigenvalue weighted by atomic mass is 10.0. The molecule has 0 amide bonds. The van der Waals surface area contributed by atoms with Crippen LogP contribution in [0.4, 0.5) is 5.69 Å². The number of fused-ring (bicyclic) bond motifs is 1. The standard InChI is InChI=1S/C24H20Cl2N2O2/c1-28(2)17-9-7-16(8-10-17)18-4-3-5-22-19(18)13-23(27-22)24(29)30-14-15-6-11-20(25)21(26)12-15/h3-13,27H,14H2,1-2H3. The van der Waals surface area contributed by atoms with Crippen LogP contribution in [0.25, 0.3) is 22.0 Å². The van der Waals surface area contributed by atoms with Crippen molar-refractivity contribution >= 4 is 45.8 Å².